The molecule has 78 valence electrons. The molecule has 0 bridgehead atoms. The highest BCUT2D eigenvalue weighted by atomic mass is 14.8. The van der Waals surface area contributed by atoms with Crippen molar-refractivity contribution in [3.8, 4) is 0 Å². The van der Waals surface area contributed by atoms with Gasteiger partial charge in [-0.3, -0.25) is 0 Å². The van der Waals surface area contributed by atoms with Gasteiger partial charge in [-0.2, -0.15) is 0 Å². The van der Waals surface area contributed by atoms with Crippen LogP contribution < -0.4 is 5.73 Å². The van der Waals surface area contributed by atoms with Gasteiger partial charge >= 0.3 is 0 Å². The number of hydrogen-bond donors (Lipinski definition) is 1. The van der Waals surface area contributed by atoms with Crippen molar-refractivity contribution in [1.82, 2.24) is 0 Å². The molecule has 0 aromatic carbocycles. The summed E-state index contributed by atoms with van der Waals surface area (Å²) in [5.74, 6) is 2.29. The second kappa shape index (κ2) is 4.00. The first-order valence-corrected chi connectivity index (χ1v) is 5.74. The predicted octanol–water partition coefficient (Wildman–Crippen LogP) is 3.19. The van der Waals surface area contributed by atoms with E-state index in [-0.39, 0.29) is 5.54 Å². The van der Waals surface area contributed by atoms with Crippen LogP contribution in [0.4, 0.5) is 0 Å². The van der Waals surface area contributed by atoms with Crippen LogP contribution in [0.2, 0.25) is 0 Å². The molecular weight excluding hydrogens is 158 g/mol. The van der Waals surface area contributed by atoms with Crippen LogP contribution >= 0.6 is 0 Å². The molecule has 1 unspecified atom stereocenters. The molecule has 1 aliphatic rings. The normalized spacial score (nSPS) is 37.8. The van der Waals surface area contributed by atoms with Gasteiger partial charge < -0.3 is 5.73 Å². The minimum atomic E-state index is 0.140. The lowest BCUT2D eigenvalue weighted by Gasteiger charge is -2.42. The van der Waals surface area contributed by atoms with Gasteiger partial charge in [0, 0.05) is 5.54 Å². The third-order valence-corrected chi connectivity index (χ3v) is 4.11. The van der Waals surface area contributed by atoms with Gasteiger partial charge in [0.1, 0.15) is 0 Å². The second-order valence-electron chi connectivity index (χ2n) is 5.45. The number of hydrogen-bond acceptors (Lipinski definition) is 1. The summed E-state index contributed by atoms with van der Waals surface area (Å²) in [5, 5.41) is 0. The monoisotopic (exact) mass is 183 g/mol. The summed E-state index contributed by atoms with van der Waals surface area (Å²) in [6.07, 6.45) is 5.11. The molecule has 0 aromatic rings. The maximum Gasteiger partial charge on any atom is 0.0182 e. The van der Waals surface area contributed by atoms with Crippen LogP contribution in [-0.2, 0) is 0 Å². The van der Waals surface area contributed by atoms with E-state index < -0.39 is 0 Å². The summed E-state index contributed by atoms with van der Waals surface area (Å²) in [6, 6.07) is 0. The predicted molar refractivity (Wildman–Crippen MR) is 58.6 cm³/mol. The first-order chi connectivity index (χ1) is 5.96. The molecule has 2 N–H and O–H groups in total. The molecular formula is C12H25N. The van der Waals surface area contributed by atoms with Gasteiger partial charge in [-0.05, 0) is 43.4 Å². The quantitative estimate of drug-likeness (QED) is 0.699. The number of nitrogens with two attached hydrogens (primary N) is 1. The average Bonchev–Trinajstić information content (AvgIpc) is 2.09. The lowest BCUT2D eigenvalue weighted by Crippen LogP contribution is -2.50. The Kier molecular flexibility index (Phi) is 3.39. The molecule has 1 atom stereocenters. The van der Waals surface area contributed by atoms with Crippen LogP contribution in [0.5, 0.6) is 0 Å². The van der Waals surface area contributed by atoms with Gasteiger partial charge in [-0.25, -0.2) is 0 Å². The van der Waals surface area contributed by atoms with E-state index in [2.05, 4.69) is 27.7 Å². The zero-order valence-electron chi connectivity index (χ0n) is 9.64. The zero-order valence-corrected chi connectivity index (χ0v) is 9.64. The van der Waals surface area contributed by atoms with E-state index in [0.717, 1.165) is 11.8 Å². The van der Waals surface area contributed by atoms with Gasteiger partial charge in [-0.15, -0.1) is 0 Å². The molecule has 13 heavy (non-hydrogen) atoms. The Balaban J connectivity index is 2.56. The van der Waals surface area contributed by atoms with Gasteiger partial charge in [0.25, 0.3) is 0 Å². The Bertz CT molecular complexity index is 155. The number of rotatable bonds is 2. The Morgan fingerprint density at radius 1 is 1.15 bits per heavy atom. The minimum Gasteiger partial charge on any atom is -0.325 e. The van der Waals surface area contributed by atoms with E-state index in [4.69, 9.17) is 5.73 Å². The maximum absolute atomic E-state index is 6.47. The van der Waals surface area contributed by atoms with Crippen molar-refractivity contribution in [2.45, 2.75) is 58.9 Å². The van der Waals surface area contributed by atoms with E-state index in [0.29, 0.717) is 5.92 Å². The highest BCUT2D eigenvalue weighted by Gasteiger charge is 2.36. The SMILES string of the molecule is CC1CCC(N)(C(C)C(C)C)CC1. The van der Waals surface area contributed by atoms with E-state index in [1.165, 1.54) is 25.7 Å². The van der Waals surface area contributed by atoms with Crippen molar-refractivity contribution in [2.24, 2.45) is 23.5 Å². The molecule has 0 aromatic heterocycles. The molecule has 0 spiro atoms. The van der Waals surface area contributed by atoms with Gasteiger partial charge in [0.15, 0.2) is 0 Å². The van der Waals surface area contributed by atoms with Gasteiger partial charge in [-0.1, -0.05) is 27.7 Å². The summed E-state index contributed by atoms with van der Waals surface area (Å²) in [4.78, 5) is 0. The lowest BCUT2D eigenvalue weighted by atomic mass is 9.68. The van der Waals surface area contributed by atoms with E-state index in [1.54, 1.807) is 0 Å². The molecule has 0 amide bonds. The Morgan fingerprint density at radius 2 is 1.62 bits per heavy atom. The zero-order chi connectivity index (χ0) is 10.1. The highest BCUT2D eigenvalue weighted by Crippen LogP contribution is 2.37. The fourth-order valence-electron chi connectivity index (χ4n) is 2.42. The smallest absolute Gasteiger partial charge is 0.0182 e. The Labute approximate surface area is 83.1 Å². The van der Waals surface area contributed by atoms with Crippen LogP contribution in [-0.4, -0.2) is 5.54 Å². The molecule has 0 aliphatic heterocycles. The van der Waals surface area contributed by atoms with Crippen molar-refractivity contribution in [3.05, 3.63) is 0 Å². The molecule has 0 radical (unpaired) electrons. The van der Waals surface area contributed by atoms with Crippen molar-refractivity contribution < 1.29 is 0 Å². The third-order valence-electron chi connectivity index (χ3n) is 4.11. The molecule has 1 saturated carbocycles. The second-order valence-corrected chi connectivity index (χ2v) is 5.45. The standard InChI is InChI=1S/C12H25N/c1-9(2)11(4)12(13)7-5-10(3)6-8-12/h9-11H,5-8,13H2,1-4H3. The van der Waals surface area contributed by atoms with Crippen molar-refractivity contribution in [2.75, 3.05) is 0 Å². The van der Waals surface area contributed by atoms with Crippen molar-refractivity contribution in [1.29, 1.82) is 0 Å². The van der Waals surface area contributed by atoms with Crippen LogP contribution in [0.1, 0.15) is 53.4 Å². The highest BCUT2D eigenvalue weighted by molar-refractivity contribution is 4.93. The first-order valence-electron chi connectivity index (χ1n) is 5.74. The fraction of sp³-hybridized carbons (Fsp3) is 1.00. The molecule has 0 saturated heterocycles. The molecule has 1 heteroatoms. The first kappa shape index (κ1) is 11.0. The molecule has 0 heterocycles. The fourth-order valence-corrected chi connectivity index (χ4v) is 2.42. The largest absolute Gasteiger partial charge is 0.325 e. The summed E-state index contributed by atoms with van der Waals surface area (Å²) < 4.78 is 0. The van der Waals surface area contributed by atoms with E-state index >= 15 is 0 Å². The molecule has 1 rings (SSSR count). The minimum absolute atomic E-state index is 0.140. The van der Waals surface area contributed by atoms with E-state index in [9.17, 15) is 0 Å². The van der Waals surface area contributed by atoms with Crippen molar-refractivity contribution >= 4 is 0 Å². The summed E-state index contributed by atoms with van der Waals surface area (Å²) >= 11 is 0. The van der Waals surface area contributed by atoms with Crippen LogP contribution in [0, 0.1) is 17.8 Å². The lowest BCUT2D eigenvalue weighted by molar-refractivity contribution is 0.145. The van der Waals surface area contributed by atoms with Crippen molar-refractivity contribution in [3.63, 3.8) is 0 Å². The van der Waals surface area contributed by atoms with Gasteiger partial charge in [0.05, 0.1) is 0 Å². The van der Waals surface area contributed by atoms with E-state index in [1.807, 2.05) is 0 Å². The summed E-state index contributed by atoms with van der Waals surface area (Å²) in [5.41, 5.74) is 6.61. The van der Waals surface area contributed by atoms with Crippen LogP contribution in [0.25, 0.3) is 0 Å². The summed E-state index contributed by atoms with van der Waals surface area (Å²) in [7, 11) is 0. The van der Waals surface area contributed by atoms with Crippen LogP contribution in [0.15, 0.2) is 0 Å². The average molecular weight is 183 g/mol. The maximum atomic E-state index is 6.47. The van der Waals surface area contributed by atoms with Crippen LogP contribution in [0.3, 0.4) is 0 Å². The molecule has 1 fully saturated rings. The molecule has 1 aliphatic carbocycles. The Hall–Kier alpha value is -0.0400. The summed E-state index contributed by atoms with van der Waals surface area (Å²) in [6.45, 7) is 9.24. The topological polar surface area (TPSA) is 26.0 Å². The molecule has 1 nitrogen and oxygen atoms in total. The third kappa shape index (κ3) is 2.46. The Morgan fingerprint density at radius 3 is 2.00 bits per heavy atom. The van der Waals surface area contributed by atoms with Gasteiger partial charge in [0.2, 0.25) is 0 Å².